The average molecular weight is 378 g/mol. The van der Waals surface area contributed by atoms with E-state index in [-0.39, 0.29) is 5.91 Å². The number of methoxy groups -OCH3 is 1. The lowest BCUT2D eigenvalue weighted by Crippen LogP contribution is -2.32. The maximum Gasteiger partial charge on any atom is 0.265 e. The third kappa shape index (κ3) is 4.48. The maximum absolute atomic E-state index is 12.5. The molecule has 2 aromatic carbocycles. The van der Waals surface area contributed by atoms with Gasteiger partial charge < -0.3 is 14.8 Å². The van der Waals surface area contributed by atoms with Crippen molar-refractivity contribution < 1.29 is 14.3 Å². The Morgan fingerprint density at radius 3 is 2.52 bits per heavy atom. The van der Waals surface area contributed by atoms with Gasteiger partial charge in [0, 0.05) is 10.2 Å². The van der Waals surface area contributed by atoms with Crippen molar-refractivity contribution in [3.63, 3.8) is 0 Å². The number of para-hydroxylation sites is 2. The van der Waals surface area contributed by atoms with E-state index < -0.39 is 6.10 Å². The van der Waals surface area contributed by atoms with Crippen molar-refractivity contribution in [2.75, 3.05) is 12.4 Å². The molecule has 1 amide bonds. The monoisotopic (exact) mass is 377 g/mol. The predicted octanol–water partition coefficient (Wildman–Crippen LogP) is 4.56. The van der Waals surface area contributed by atoms with Gasteiger partial charge in [-0.05, 0) is 49.2 Å². The zero-order chi connectivity index (χ0) is 16.8. The third-order valence-corrected chi connectivity index (χ3v) is 4.32. The van der Waals surface area contributed by atoms with Crippen molar-refractivity contribution in [1.82, 2.24) is 0 Å². The molecule has 122 valence electrons. The molecule has 5 heteroatoms. The van der Waals surface area contributed by atoms with E-state index in [4.69, 9.17) is 9.47 Å². The van der Waals surface area contributed by atoms with E-state index in [1.807, 2.05) is 44.2 Å². The van der Waals surface area contributed by atoms with Crippen LogP contribution in [0.2, 0.25) is 0 Å². The van der Waals surface area contributed by atoms with E-state index >= 15 is 0 Å². The summed E-state index contributed by atoms with van der Waals surface area (Å²) >= 11 is 3.45. The van der Waals surface area contributed by atoms with Crippen LogP contribution in [0.4, 0.5) is 5.69 Å². The number of nitrogens with one attached hydrogen (secondary N) is 1. The maximum atomic E-state index is 12.5. The van der Waals surface area contributed by atoms with Crippen LogP contribution in [0.5, 0.6) is 11.5 Å². The largest absolute Gasteiger partial charge is 0.493 e. The second kappa shape index (κ2) is 8.02. The highest BCUT2D eigenvalue weighted by molar-refractivity contribution is 9.10. The fourth-order valence-electron chi connectivity index (χ4n) is 2.14. The number of anilines is 1. The summed E-state index contributed by atoms with van der Waals surface area (Å²) in [5, 5.41) is 2.89. The van der Waals surface area contributed by atoms with E-state index in [2.05, 4.69) is 21.2 Å². The minimum absolute atomic E-state index is 0.180. The van der Waals surface area contributed by atoms with Gasteiger partial charge in [-0.15, -0.1) is 0 Å². The zero-order valence-electron chi connectivity index (χ0n) is 13.4. The molecule has 0 heterocycles. The first-order chi connectivity index (χ1) is 11.0. The minimum Gasteiger partial charge on any atom is -0.493 e. The number of carbonyl (C=O) groups excluding carboxylic acids is 1. The molecule has 0 radical (unpaired) electrons. The standard InChI is InChI=1S/C18H20BrNO3/c1-4-15(23-17-8-6-5-7-16(17)22-3)18(21)20-13-9-10-14(19)12(2)11-13/h5-11,15H,4H2,1-3H3,(H,20,21)/t15-/m0/s1. The Balaban J connectivity index is 2.10. The molecular weight excluding hydrogens is 358 g/mol. The fourth-order valence-corrected chi connectivity index (χ4v) is 2.38. The topological polar surface area (TPSA) is 47.6 Å². The highest BCUT2D eigenvalue weighted by Gasteiger charge is 2.20. The lowest BCUT2D eigenvalue weighted by Gasteiger charge is -2.19. The molecule has 0 saturated heterocycles. The minimum atomic E-state index is -0.588. The molecule has 0 aromatic heterocycles. The van der Waals surface area contributed by atoms with E-state index in [1.165, 1.54) is 0 Å². The first kappa shape index (κ1) is 17.3. The van der Waals surface area contributed by atoms with Crippen molar-refractivity contribution in [2.24, 2.45) is 0 Å². The van der Waals surface area contributed by atoms with Crippen molar-refractivity contribution in [2.45, 2.75) is 26.4 Å². The van der Waals surface area contributed by atoms with Crippen LogP contribution < -0.4 is 14.8 Å². The third-order valence-electron chi connectivity index (χ3n) is 3.43. The Kier molecular flexibility index (Phi) is 6.04. The summed E-state index contributed by atoms with van der Waals surface area (Å²) in [6.07, 6.45) is -0.0328. The Morgan fingerprint density at radius 2 is 1.91 bits per heavy atom. The molecule has 23 heavy (non-hydrogen) atoms. The highest BCUT2D eigenvalue weighted by Crippen LogP contribution is 2.28. The van der Waals surface area contributed by atoms with Gasteiger partial charge >= 0.3 is 0 Å². The SMILES string of the molecule is CC[C@H](Oc1ccccc1OC)C(=O)Nc1ccc(Br)c(C)c1. The van der Waals surface area contributed by atoms with Crippen LogP contribution >= 0.6 is 15.9 Å². The molecular formula is C18H20BrNO3. The predicted molar refractivity (Wildman–Crippen MR) is 95.2 cm³/mol. The molecule has 2 aromatic rings. The number of rotatable bonds is 6. The molecule has 4 nitrogen and oxygen atoms in total. The lowest BCUT2D eigenvalue weighted by molar-refractivity contribution is -0.122. The van der Waals surface area contributed by atoms with Crippen LogP contribution in [0.25, 0.3) is 0 Å². The van der Waals surface area contributed by atoms with E-state index in [1.54, 1.807) is 19.2 Å². The molecule has 0 aliphatic heterocycles. The molecule has 0 unspecified atom stereocenters. The molecule has 0 saturated carbocycles. The number of hydrogen-bond donors (Lipinski definition) is 1. The zero-order valence-corrected chi connectivity index (χ0v) is 15.0. The molecule has 1 atom stereocenters. The molecule has 0 spiro atoms. The lowest BCUT2D eigenvalue weighted by atomic mass is 10.2. The summed E-state index contributed by atoms with van der Waals surface area (Å²) in [6.45, 7) is 3.88. The molecule has 0 aliphatic carbocycles. The smallest absolute Gasteiger partial charge is 0.265 e. The second-order valence-electron chi connectivity index (χ2n) is 5.12. The second-order valence-corrected chi connectivity index (χ2v) is 5.97. The number of halogens is 1. The van der Waals surface area contributed by atoms with Crippen LogP contribution in [0.3, 0.4) is 0 Å². The van der Waals surface area contributed by atoms with E-state index in [9.17, 15) is 4.79 Å². The number of carbonyl (C=O) groups is 1. The van der Waals surface area contributed by atoms with Gasteiger partial charge in [-0.2, -0.15) is 0 Å². The molecule has 0 bridgehead atoms. The van der Waals surface area contributed by atoms with Gasteiger partial charge in [0.05, 0.1) is 7.11 Å². The van der Waals surface area contributed by atoms with Gasteiger partial charge in [-0.25, -0.2) is 0 Å². The average Bonchev–Trinajstić information content (AvgIpc) is 2.56. The van der Waals surface area contributed by atoms with Crippen molar-refractivity contribution >= 4 is 27.5 Å². The van der Waals surface area contributed by atoms with Crippen LogP contribution in [0.1, 0.15) is 18.9 Å². The highest BCUT2D eigenvalue weighted by atomic mass is 79.9. The van der Waals surface area contributed by atoms with Crippen molar-refractivity contribution in [1.29, 1.82) is 0 Å². The molecule has 0 aliphatic rings. The first-order valence-electron chi connectivity index (χ1n) is 7.41. The van der Waals surface area contributed by atoms with E-state index in [0.717, 1.165) is 15.7 Å². The summed E-state index contributed by atoms with van der Waals surface area (Å²) in [5.74, 6) is 0.988. The number of hydrogen-bond acceptors (Lipinski definition) is 3. The first-order valence-corrected chi connectivity index (χ1v) is 8.21. The van der Waals surface area contributed by atoms with Crippen LogP contribution in [-0.4, -0.2) is 19.1 Å². The van der Waals surface area contributed by atoms with Crippen molar-refractivity contribution in [3.05, 3.63) is 52.5 Å². The summed E-state index contributed by atoms with van der Waals surface area (Å²) in [5.41, 5.74) is 1.80. The Labute approximate surface area is 144 Å². The van der Waals surface area contributed by atoms with Crippen LogP contribution in [-0.2, 0) is 4.79 Å². The summed E-state index contributed by atoms with van der Waals surface area (Å²) in [6, 6.07) is 13.0. The normalized spacial score (nSPS) is 11.7. The number of ether oxygens (including phenoxy) is 2. The van der Waals surface area contributed by atoms with Gasteiger partial charge in [0.1, 0.15) is 0 Å². The number of benzene rings is 2. The fraction of sp³-hybridized carbons (Fsp3) is 0.278. The summed E-state index contributed by atoms with van der Waals surface area (Å²) in [4.78, 5) is 12.5. The van der Waals surface area contributed by atoms with E-state index in [0.29, 0.717) is 17.9 Å². The van der Waals surface area contributed by atoms with Gasteiger partial charge in [0.2, 0.25) is 0 Å². The molecule has 2 rings (SSSR count). The summed E-state index contributed by atoms with van der Waals surface area (Å²) < 4.78 is 12.1. The Morgan fingerprint density at radius 1 is 1.22 bits per heavy atom. The Hall–Kier alpha value is -2.01. The number of amides is 1. The summed E-state index contributed by atoms with van der Waals surface area (Å²) in [7, 11) is 1.58. The van der Waals surface area contributed by atoms with Gasteiger partial charge in [0.25, 0.3) is 5.91 Å². The molecule has 0 fully saturated rings. The van der Waals surface area contributed by atoms with Gasteiger partial charge in [-0.1, -0.05) is 35.0 Å². The van der Waals surface area contributed by atoms with Crippen LogP contribution in [0.15, 0.2) is 46.9 Å². The molecule has 1 N–H and O–H groups in total. The number of aryl methyl sites for hydroxylation is 1. The quantitative estimate of drug-likeness (QED) is 0.802. The van der Waals surface area contributed by atoms with Crippen molar-refractivity contribution in [3.8, 4) is 11.5 Å². The van der Waals surface area contributed by atoms with Crippen LogP contribution in [0, 0.1) is 6.92 Å². The van der Waals surface area contributed by atoms with Gasteiger partial charge in [0.15, 0.2) is 17.6 Å². The Bertz CT molecular complexity index is 688. The van der Waals surface area contributed by atoms with Gasteiger partial charge in [-0.3, -0.25) is 4.79 Å².